The van der Waals surface area contributed by atoms with E-state index >= 15 is 0 Å². The molecular formula is C44H40N2. The van der Waals surface area contributed by atoms with Crippen LogP contribution in [0.1, 0.15) is 19.4 Å². The van der Waals surface area contributed by atoms with Gasteiger partial charge in [-0.05, 0) is 106 Å². The molecule has 0 heterocycles. The molecule has 0 aliphatic rings. The van der Waals surface area contributed by atoms with Crippen molar-refractivity contribution in [3.63, 3.8) is 0 Å². The minimum atomic E-state index is 1.12. The molecule has 0 aliphatic heterocycles. The zero-order valence-electron chi connectivity index (χ0n) is 27.1. The van der Waals surface area contributed by atoms with Gasteiger partial charge in [0.15, 0.2) is 0 Å². The van der Waals surface area contributed by atoms with Gasteiger partial charge in [0, 0.05) is 35.5 Å². The highest BCUT2D eigenvalue weighted by Crippen LogP contribution is 2.38. The molecule has 46 heavy (non-hydrogen) atoms. The van der Waals surface area contributed by atoms with Crippen LogP contribution in [0, 0.1) is 6.92 Å². The van der Waals surface area contributed by atoms with Crippen LogP contribution in [-0.2, 0) is 0 Å². The Bertz CT molecular complexity index is 2010. The maximum Gasteiger partial charge on any atom is 0.0468 e. The monoisotopic (exact) mass is 596 g/mol. The Morgan fingerprint density at radius 1 is 0.348 bits per heavy atom. The summed E-state index contributed by atoms with van der Waals surface area (Å²) >= 11 is 0. The molecule has 0 saturated carbocycles. The predicted molar refractivity (Wildman–Crippen MR) is 200 cm³/mol. The highest BCUT2D eigenvalue weighted by atomic mass is 15.1. The average Bonchev–Trinajstić information content (AvgIpc) is 3.13. The van der Waals surface area contributed by atoms with Crippen LogP contribution < -0.4 is 9.80 Å². The number of aryl methyl sites for hydroxylation is 1. The maximum atomic E-state index is 2.34. The predicted octanol–water partition coefficient (Wildman–Crippen LogP) is 12.7. The maximum absolute atomic E-state index is 2.34. The Labute approximate surface area is 273 Å². The summed E-state index contributed by atoms with van der Waals surface area (Å²) in [5, 5.41) is 2.46. The van der Waals surface area contributed by atoms with E-state index in [1.807, 2.05) is 13.8 Å². The molecule has 0 atom stereocenters. The van der Waals surface area contributed by atoms with E-state index in [9.17, 15) is 0 Å². The number of hydrogen-bond acceptors (Lipinski definition) is 2. The fourth-order valence-electron chi connectivity index (χ4n) is 5.86. The van der Waals surface area contributed by atoms with Crippen molar-refractivity contribution >= 4 is 39.2 Å². The Morgan fingerprint density at radius 2 is 0.826 bits per heavy atom. The van der Waals surface area contributed by atoms with E-state index in [4.69, 9.17) is 0 Å². The molecule has 0 aliphatic carbocycles. The van der Waals surface area contributed by atoms with Crippen LogP contribution in [0.15, 0.2) is 170 Å². The van der Waals surface area contributed by atoms with Gasteiger partial charge < -0.3 is 9.80 Å². The minimum Gasteiger partial charge on any atom is -0.345 e. The Balaban J connectivity index is 0.00000182. The molecule has 0 aromatic heterocycles. The van der Waals surface area contributed by atoms with Crippen molar-refractivity contribution in [1.29, 1.82) is 0 Å². The first-order valence-corrected chi connectivity index (χ1v) is 16.1. The summed E-state index contributed by atoms with van der Waals surface area (Å²) in [5.41, 5.74) is 11.8. The molecule has 0 unspecified atom stereocenters. The minimum absolute atomic E-state index is 1.12. The largest absolute Gasteiger partial charge is 0.345 e. The molecule has 0 radical (unpaired) electrons. The topological polar surface area (TPSA) is 6.48 Å². The van der Waals surface area contributed by atoms with Crippen LogP contribution in [-0.4, -0.2) is 7.05 Å². The van der Waals surface area contributed by atoms with Gasteiger partial charge in [0.05, 0.1) is 0 Å². The number of fused-ring (bicyclic) bond motifs is 1. The normalized spacial score (nSPS) is 10.6. The quantitative estimate of drug-likeness (QED) is 0.181. The zero-order valence-corrected chi connectivity index (χ0v) is 27.1. The molecule has 0 spiro atoms. The van der Waals surface area contributed by atoms with E-state index in [2.05, 4.69) is 194 Å². The highest BCUT2D eigenvalue weighted by Gasteiger charge is 2.14. The van der Waals surface area contributed by atoms with E-state index < -0.39 is 0 Å². The Morgan fingerprint density at radius 3 is 1.39 bits per heavy atom. The third-order valence-corrected chi connectivity index (χ3v) is 8.33. The van der Waals surface area contributed by atoms with Gasteiger partial charge in [0.1, 0.15) is 0 Å². The van der Waals surface area contributed by atoms with Gasteiger partial charge >= 0.3 is 0 Å². The van der Waals surface area contributed by atoms with Gasteiger partial charge in [-0.2, -0.15) is 0 Å². The van der Waals surface area contributed by atoms with E-state index in [1.54, 1.807) is 0 Å². The fraction of sp³-hybridized carbons (Fsp3) is 0.0909. The van der Waals surface area contributed by atoms with Crippen LogP contribution in [0.2, 0.25) is 0 Å². The molecule has 7 aromatic carbocycles. The molecule has 2 nitrogen and oxygen atoms in total. The molecule has 0 bridgehead atoms. The Kier molecular flexibility index (Phi) is 9.27. The van der Waals surface area contributed by atoms with Crippen LogP contribution in [0.3, 0.4) is 0 Å². The van der Waals surface area contributed by atoms with E-state index in [0.29, 0.717) is 0 Å². The van der Waals surface area contributed by atoms with Crippen molar-refractivity contribution in [1.82, 2.24) is 0 Å². The second-order valence-electron chi connectivity index (χ2n) is 11.3. The van der Waals surface area contributed by atoms with Gasteiger partial charge in [-0.1, -0.05) is 123 Å². The molecule has 7 aromatic rings. The first kappa shape index (κ1) is 30.4. The number of anilines is 5. The smallest absolute Gasteiger partial charge is 0.0468 e. The van der Waals surface area contributed by atoms with Crippen molar-refractivity contribution < 1.29 is 0 Å². The first-order chi connectivity index (χ1) is 22.6. The molecule has 0 saturated heterocycles. The molecule has 7 rings (SSSR count). The van der Waals surface area contributed by atoms with Crippen molar-refractivity contribution in [3.8, 4) is 22.3 Å². The lowest BCUT2D eigenvalue weighted by Crippen LogP contribution is -2.10. The van der Waals surface area contributed by atoms with Crippen molar-refractivity contribution in [3.05, 3.63) is 175 Å². The van der Waals surface area contributed by atoms with Crippen LogP contribution in [0.4, 0.5) is 28.4 Å². The van der Waals surface area contributed by atoms with Crippen LogP contribution in [0.5, 0.6) is 0 Å². The standard InChI is InChI=1S/C42H34N2.C2H6/c1-31-9-8-14-41(29-31)43(2)38-22-15-35(16-23-38)36-19-26-40(27-20-36)44(42-28-21-33-12-6-7-13-37(33)30-42)39-24-17-34(18-25-39)32-10-4-3-5-11-32;1-2/h3-30H,1-2H3;1-2H3. The lowest BCUT2D eigenvalue weighted by Gasteiger charge is -2.26. The van der Waals surface area contributed by atoms with Gasteiger partial charge in [0.2, 0.25) is 0 Å². The molecule has 2 heteroatoms. The zero-order chi connectivity index (χ0) is 31.9. The average molecular weight is 597 g/mol. The van der Waals surface area contributed by atoms with Gasteiger partial charge in [0.25, 0.3) is 0 Å². The molecule has 0 N–H and O–H groups in total. The third kappa shape index (κ3) is 6.57. The summed E-state index contributed by atoms with van der Waals surface area (Å²) < 4.78 is 0. The van der Waals surface area contributed by atoms with E-state index in [0.717, 1.165) is 22.7 Å². The number of benzene rings is 7. The SMILES string of the molecule is CC.Cc1cccc(N(C)c2ccc(-c3ccc(N(c4ccc(-c5ccccc5)cc4)c4ccc5ccccc5c4)cc3)cc2)c1. The second kappa shape index (κ2) is 14.0. The molecule has 0 fully saturated rings. The summed E-state index contributed by atoms with van der Waals surface area (Å²) in [6.07, 6.45) is 0. The lowest BCUT2D eigenvalue weighted by atomic mass is 10.0. The van der Waals surface area contributed by atoms with Crippen molar-refractivity contribution in [2.75, 3.05) is 16.8 Å². The second-order valence-corrected chi connectivity index (χ2v) is 11.3. The first-order valence-electron chi connectivity index (χ1n) is 16.1. The van der Waals surface area contributed by atoms with Crippen LogP contribution >= 0.6 is 0 Å². The summed E-state index contributed by atoms with van der Waals surface area (Å²) in [5.74, 6) is 0. The van der Waals surface area contributed by atoms with Gasteiger partial charge in [-0.25, -0.2) is 0 Å². The van der Waals surface area contributed by atoms with E-state index in [1.165, 1.54) is 44.3 Å². The number of hydrogen-bond donors (Lipinski definition) is 0. The molecule has 226 valence electrons. The van der Waals surface area contributed by atoms with Gasteiger partial charge in [-0.3, -0.25) is 0 Å². The summed E-state index contributed by atoms with van der Waals surface area (Å²) in [7, 11) is 2.12. The fourth-order valence-corrected chi connectivity index (χ4v) is 5.86. The van der Waals surface area contributed by atoms with Crippen molar-refractivity contribution in [2.24, 2.45) is 0 Å². The van der Waals surface area contributed by atoms with E-state index in [-0.39, 0.29) is 0 Å². The summed E-state index contributed by atoms with van der Waals surface area (Å²) in [4.78, 5) is 4.56. The third-order valence-electron chi connectivity index (χ3n) is 8.33. The Hall–Kier alpha value is -5.60. The van der Waals surface area contributed by atoms with Gasteiger partial charge in [-0.15, -0.1) is 0 Å². The number of nitrogens with zero attached hydrogens (tertiary/aromatic N) is 2. The lowest BCUT2D eigenvalue weighted by molar-refractivity contribution is 1.20. The van der Waals surface area contributed by atoms with Crippen LogP contribution in [0.25, 0.3) is 33.0 Å². The number of rotatable bonds is 7. The summed E-state index contributed by atoms with van der Waals surface area (Å²) in [6.45, 7) is 6.13. The molecule has 0 amide bonds. The highest BCUT2D eigenvalue weighted by molar-refractivity contribution is 5.89. The molecular weight excluding hydrogens is 556 g/mol. The van der Waals surface area contributed by atoms with Crippen molar-refractivity contribution in [2.45, 2.75) is 20.8 Å². The summed E-state index contributed by atoms with van der Waals surface area (Å²) in [6, 6.07) is 60.9.